The number of aromatic nitrogens is 2. The van der Waals surface area contributed by atoms with E-state index in [4.69, 9.17) is 5.73 Å². The summed E-state index contributed by atoms with van der Waals surface area (Å²) in [5, 5.41) is 7.69. The van der Waals surface area contributed by atoms with Gasteiger partial charge in [0.1, 0.15) is 5.69 Å². The lowest BCUT2D eigenvalue weighted by Gasteiger charge is -2.23. The molecule has 0 saturated carbocycles. The number of nitrogens with two attached hydrogens (primary N) is 1. The smallest absolute Gasteiger partial charge is 0.172 e. The molecule has 0 aliphatic heterocycles. The summed E-state index contributed by atoms with van der Waals surface area (Å²) in [6.07, 6.45) is 1.90. The molecule has 5 heteroatoms. The second-order valence-corrected chi connectivity index (χ2v) is 5.23. The average molecular weight is 249 g/mol. The van der Waals surface area contributed by atoms with Gasteiger partial charge in [-0.3, -0.25) is 0 Å². The summed E-state index contributed by atoms with van der Waals surface area (Å²) in [5.74, 6) is 0.768. The van der Waals surface area contributed by atoms with Gasteiger partial charge in [-0.1, -0.05) is 6.07 Å². The van der Waals surface area contributed by atoms with Crippen LogP contribution in [-0.4, -0.2) is 48.3 Å². The third-order valence-corrected chi connectivity index (χ3v) is 2.65. The SMILES string of the molecule is C[N+](C)(C)CCNc1nn2ccccc2c1N.[CH3-]. The highest BCUT2D eigenvalue weighted by atomic mass is 15.3. The van der Waals surface area contributed by atoms with E-state index in [1.807, 2.05) is 24.4 Å². The molecule has 5 nitrogen and oxygen atoms in total. The Kier molecular flexibility index (Phi) is 4.19. The minimum absolute atomic E-state index is 0. The van der Waals surface area contributed by atoms with Crippen molar-refractivity contribution in [3.8, 4) is 0 Å². The summed E-state index contributed by atoms with van der Waals surface area (Å²) in [7, 11) is 6.48. The van der Waals surface area contributed by atoms with Crippen molar-refractivity contribution < 1.29 is 4.48 Å². The lowest BCUT2D eigenvalue weighted by Crippen LogP contribution is -2.38. The minimum atomic E-state index is 0. The lowest BCUT2D eigenvalue weighted by molar-refractivity contribution is -0.868. The third kappa shape index (κ3) is 3.13. The van der Waals surface area contributed by atoms with Crippen LogP contribution in [0.2, 0.25) is 0 Å². The van der Waals surface area contributed by atoms with Crippen LogP contribution in [0.1, 0.15) is 0 Å². The van der Waals surface area contributed by atoms with E-state index >= 15 is 0 Å². The number of hydrogen-bond acceptors (Lipinski definition) is 3. The fourth-order valence-electron chi connectivity index (χ4n) is 1.66. The first-order valence-corrected chi connectivity index (χ1v) is 5.74. The molecule has 0 unspecified atom stereocenters. The van der Waals surface area contributed by atoms with Gasteiger partial charge in [-0.2, -0.15) is 0 Å². The second kappa shape index (κ2) is 5.27. The van der Waals surface area contributed by atoms with Gasteiger partial charge in [-0.25, -0.2) is 4.52 Å². The molecule has 0 spiro atoms. The molecular weight excluding hydrogens is 226 g/mol. The van der Waals surface area contributed by atoms with Crippen molar-refractivity contribution in [1.82, 2.24) is 9.61 Å². The van der Waals surface area contributed by atoms with E-state index < -0.39 is 0 Å². The van der Waals surface area contributed by atoms with Gasteiger partial charge in [0.05, 0.1) is 39.7 Å². The van der Waals surface area contributed by atoms with Crippen LogP contribution in [0.15, 0.2) is 24.4 Å². The van der Waals surface area contributed by atoms with Gasteiger partial charge in [-0.05, 0) is 12.1 Å². The Balaban J connectivity index is 0.00000162. The van der Waals surface area contributed by atoms with Gasteiger partial charge in [0.2, 0.25) is 0 Å². The van der Waals surface area contributed by atoms with Gasteiger partial charge in [-0.15, -0.1) is 5.10 Å². The number of rotatable bonds is 4. The number of quaternary nitrogens is 1. The zero-order chi connectivity index (χ0) is 12.5. The molecule has 0 amide bonds. The summed E-state index contributed by atoms with van der Waals surface area (Å²) < 4.78 is 2.71. The number of hydrogen-bond donors (Lipinski definition) is 2. The predicted octanol–water partition coefficient (Wildman–Crippen LogP) is 1.48. The molecule has 0 bridgehead atoms. The maximum Gasteiger partial charge on any atom is 0.172 e. The van der Waals surface area contributed by atoms with Crippen molar-refractivity contribution >= 4 is 17.0 Å². The van der Waals surface area contributed by atoms with Crippen LogP contribution in [-0.2, 0) is 0 Å². The molecule has 0 radical (unpaired) electrons. The molecule has 2 aromatic heterocycles. The first-order valence-electron chi connectivity index (χ1n) is 5.74. The van der Waals surface area contributed by atoms with Crippen LogP contribution < -0.4 is 11.1 Å². The normalized spacial score (nSPS) is 11.3. The highest BCUT2D eigenvalue weighted by Crippen LogP contribution is 2.22. The third-order valence-electron chi connectivity index (χ3n) is 2.65. The van der Waals surface area contributed by atoms with Gasteiger partial charge >= 0.3 is 0 Å². The molecular formula is C13H23N5. The molecule has 0 aromatic carbocycles. The highest BCUT2D eigenvalue weighted by Gasteiger charge is 2.10. The number of nitrogens with zero attached hydrogens (tertiary/aromatic N) is 3. The van der Waals surface area contributed by atoms with Crippen molar-refractivity contribution in [2.24, 2.45) is 0 Å². The zero-order valence-electron chi connectivity index (χ0n) is 11.6. The molecule has 2 rings (SSSR count). The van der Waals surface area contributed by atoms with Crippen LogP contribution in [0.5, 0.6) is 0 Å². The molecule has 3 N–H and O–H groups in total. The van der Waals surface area contributed by atoms with Crippen LogP contribution in [0.25, 0.3) is 5.52 Å². The number of nitrogens with one attached hydrogen (secondary N) is 1. The monoisotopic (exact) mass is 249 g/mol. The summed E-state index contributed by atoms with van der Waals surface area (Å²) in [5.41, 5.74) is 7.70. The minimum Gasteiger partial charge on any atom is -0.394 e. The summed E-state index contributed by atoms with van der Waals surface area (Å²) in [6.45, 7) is 1.88. The molecule has 0 aliphatic carbocycles. The largest absolute Gasteiger partial charge is 0.394 e. The molecule has 18 heavy (non-hydrogen) atoms. The van der Waals surface area contributed by atoms with Crippen LogP contribution in [0.4, 0.5) is 11.5 Å². The topological polar surface area (TPSA) is 55.4 Å². The number of fused-ring (bicyclic) bond motifs is 1. The maximum absolute atomic E-state index is 6.04. The van der Waals surface area contributed by atoms with E-state index in [1.54, 1.807) is 4.52 Å². The Morgan fingerprint density at radius 3 is 2.67 bits per heavy atom. The summed E-state index contributed by atoms with van der Waals surface area (Å²) >= 11 is 0. The van der Waals surface area contributed by atoms with E-state index in [0.29, 0.717) is 5.69 Å². The molecule has 100 valence electrons. The summed E-state index contributed by atoms with van der Waals surface area (Å²) in [6, 6.07) is 5.87. The molecule has 0 fully saturated rings. The lowest BCUT2D eigenvalue weighted by atomic mass is 10.3. The van der Waals surface area contributed by atoms with E-state index in [2.05, 4.69) is 31.6 Å². The highest BCUT2D eigenvalue weighted by molar-refractivity contribution is 5.80. The standard InChI is InChI=1S/C12H20N5.CH3/c1-17(2,3)9-7-14-12-11(13)10-6-4-5-8-16(10)15-12;/h4-6,8H,7,9,13H2,1-3H3,(H,14,15);1H3/q+1;-1. The Bertz CT molecular complexity index is 510. The Morgan fingerprint density at radius 1 is 1.33 bits per heavy atom. The van der Waals surface area contributed by atoms with Crippen molar-refractivity contribution in [3.05, 3.63) is 31.8 Å². The van der Waals surface area contributed by atoms with Crippen molar-refractivity contribution in [2.75, 3.05) is 45.3 Å². The van der Waals surface area contributed by atoms with E-state index in [0.717, 1.165) is 28.9 Å². The van der Waals surface area contributed by atoms with E-state index in [1.165, 1.54) is 0 Å². The van der Waals surface area contributed by atoms with Crippen LogP contribution in [0, 0.1) is 7.43 Å². The molecule has 0 aliphatic rings. The van der Waals surface area contributed by atoms with Gasteiger partial charge in [0.25, 0.3) is 0 Å². The number of likely N-dealkylation sites (N-methyl/N-ethyl adjacent to an activating group) is 1. The first-order chi connectivity index (χ1) is 7.97. The maximum atomic E-state index is 6.04. The molecule has 0 atom stereocenters. The molecule has 2 aromatic rings. The summed E-state index contributed by atoms with van der Waals surface area (Å²) in [4.78, 5) is 0. The number of pyridine rings is 1. The predicted molar refractivity (Wildman–Crippen MR) is 77.4 cm³/mol. The first kappa shape index (κ1) is 14.3. The van der Waals surface area contributed by atoms with Crippen molar-refractivity contribution in [1.29, 1.82) is 0 Å². The van der Waals surface area contributed by atoms with Crippen molar-refractivity contribution in [2.45, 2.75) is 0 Å². The average Bonchev–Trinajstić information content (AvgIpc) is 2.55. The zero-order valence-corrected chi connectivity index (χ0v) is 11.6. The van der Waals surface area contributed by atoms with E-state index in [9.17, 15) is 0 Å². The molecule has 0 saturated heterocycles. The fourth-order valence-corrected chi connectivity index (χ4v) is 1.66. The quantitative estimate of drug-likeness (QED) is 0.637. The van der Waals surface area contributed by atoms with Gasteiger partial charge in [0, 0.05) is 6.20 Å². The second-order valence-electron chi connectivity index (χ2n) is 5.23. The number of nitrogen functional groups attached to an aromatic ring is 1. The Hall–Kier alpha value is -1.75. The van der Waals surface area contributed by atoms with E-state index in [-0.39, 0.29) is 7.43 Å². The number of anilines is 2. The Labute approximate surface area is 109 Å². The van der Waals surface area contributed by atoms with Crippen LogP contribution in [0.3, 0.4) is 0 Å². The van der Waals surface area contributed by atoms with Gasteiger partial charge < -0.3 is 23.0 Å². The van der Waals surface area contributed by atoms with Gasteiger partial charge in [0.15, 0.2) is 5.82 Å². The molecule has 2 heterocycles. The Morgan fingerprint density at radius 2 is 2.06 bits per heavy atom. The van der Waals surface area contributed by atoms with Crippen molar-refractivity contribution in [3.63, 3.8) is 0 Å². The fraction of sp³-hybridized carbons (Fsp3) is 0.385. The van der Waals surface area contributed by atoms with Crippen LogP contribution >= 0.6 is 0 Å².